The summed E-state index contributed by atoms with van der Waals surface area (Å²) in [7, 11) is 0. The standard InChI is InChI=1S/C15H26N4O2/c20-14(18-5-1-2-6-18)12-17-4-3-7-19(9-8-17)15(21)13-10-16-11-13/h13,16H,1-12H2. The van der Waals surface area contributed by atoms with E-state index in [9.17, 15) is 9.59 Å². The van der Waals surface area contributed by atoms with Crippen LogP contribution in [-0.2, 0) is 9.59 Å². The van der Waals surface area contributed by atoms with Gasteiger partial charge in [0.25, 0.3) is 0 Å². The first-order valence-corrected chi connectivity index (χ1v) is 8.23. The Morgan fingerprint density at radius 3 is 2.24 bits per heavy atom. The largest absolute Gasteiger partial charge is 0.342 e. The first-order valence-electron chi connectivity index (χ1n) is 8.23. The lowest BCUT2D eigenvalue weighted by atomic mass is 10.0. The summed E-state index contributed by atoms with van der Waals surface area (Å²) in [6, 6.07) is 0. The van der Waals surface area contributed by atoms with Gasteiger partial charge in [-0.1, -0.05) is 0 Å². The van der Waals surface area contributed by atoms with Crippen molar-refractivity contribution in [2.24, 2.45) is 5.92 Å². The highest BCUT2D eigenvalue weighted by Gasteiger charge is 2.30. The van der Waals surface area contributed by atoms with E-state index in [-0.39, 0.29) is 11.8 Å². The highest BCUT2D eigenvalue weighted by atomic mass is 16.2. The van der Waals surface area contributed by atoms with E-state index in [1.807, 2.05) is 9.80 Å². The number of carbonyl (C=O) groups excluding carboxylic acids is 2. The molecular weight excluding hydrogens is 268 g/mol. The van der Waals surface area contributed by atoms with E-state index in [1.165, 1.54) is 0 Å². The summed E-state index contributed by atoms with van der Waals surface area (Å²) in [4.78, 5) is 30.7. The molecule has 0 atom stereocenters. The van der Waals surface area contributed by atoms with Gasteiger partial charge in [0, 0.05) is 52.4 Å². The third kappa shape index (κ3) is 3.55. The van der Waals surface area contributed by atoms with E-state index >= 15 is 0 Å². The Morgan fingerprint density at radius 1 is 0.857 bits per heavy atom. The van der Waals surface area contributed by atoms with Gasteiger partial charge in [-0.3, -0.25) is 14.5 Å². The maximum Gasteiger partial charge on any atom is 0.236 e. The highest BCUT2D eigenvalue weighted by molar-refractivity contribution is 5.80. The molecule has 3 saturated heterocycles. The van der Waals surface area contributed by atoms with Crippen molar-refractivity contribution in [3.63, 3.8) is 0 Å². The van der Waals surface area contributed by atoms with Crippen LogP contribution in [-0.4, -0.2) is 85.4 Å². The van der Waals surface area contributed by atoms with Crippen LogP contribution in [0.15, 0.2) is 0 Å². The molecule has 6 heteroatoms. The zero-order chi connectivity index (χ0) is 14.7. The zero-order valence-electron chi connectivity index (χ0n) is 12.7. The topological polar surface area (TPSA) is 55.9 Å². The zero-order valence-corrected chi connectivity index (χ0v) is 12.7. The van der Waals surface area contributed by atoms with Gasteiger partial charge in [-0.25, -0.2) is 0 Å². The minimum absolute atomic E-state index is 0.183. The van der Waals surface area contributed by atoms with E-state index in [2.05, 4.69) is 10.2 Å². The van der Waals surface area contributed by atoms with Crippen LogP contribution in [0.4, 0.5) is 0 Å². The first-order chi connectivity index (χ1) is 10.2. The molecule has 0 radical (unpaired) electrons. The normalized spacial score (nSPS) is 24.8. The minimum atomic E-state index is 0.183. The van der Waals surface area contributed by atoms with Crippen molar-refractivity contribution in [3.05, 3.63) is 0 Å². The summed E-state index contributed by atoms with van der Waals surface area (Å²) < 4.78 is 0. The second-order valence-corrected chi connectivity index (χ2v) is 6.40. The number of hydrogen-bond donors (Lipinski definition) is 1. The summed E-state index contributed by atoms with van der Waals surface area (Å²) in [6.07, 6.45) is 3.26. The molecule has 0 spiro atoms. The Hall–Kier alpha value is -1.14. The van der Waals surface area contributed by atoms with Crippen molar-refractivity contribution in [3.8, 4) is 0 Å². The molecule has 118 valence electrons. The Kier molecular flexibility index (Phi) is 4.75. The number of rotatable bonds is 3. The van der Waals surface area contributed by atoms with Crippen LogP contribution in [0.1, 0.15) is 19.3 Å². The molecule has 3 fully saturated rings. The Labute approximate surface area is 126 Å². The quantitative estimate of drug-likeness (QED) is 0.752. The number of amides is 2. The molecule has 0 aromatic rings. The average Bonchev–Trinajstić information content (AvgIpc) is 2.85. The van der Waals surface area contributed by atoms with Gasteiger partial charge in [0.15, 0.2) is 0 Å². The van der Waals surface area contributed by atoms with Gasteiger partial charge in [0.1, 0.15) is 0 Å². The second kappa shape index (κ2) is 6.75. The lowest BCUT2D eigenvalue weighted by molar-refractivity contribution is -0.136. The fourth-order valence-corrected chi connectivity index (χ4v) is 3.33. The third-order valence-electron chi connectivity index (χ3n) is 4.85. The second-order valence-electron chi connectivity index (χ2n) is 6.40. The Balaban J connectivity index is 1.46. The van der Waals surface area contributed by atoms with Gasteiger partial charge in [-0.15, -0.1) is 0 Å². The molecule has 0 aromatic heterocycles. The fraction of sp³-hybridized carbons (Fsp3) is 0.867. The summed E-state index contributed by atoms with van der Waals surface area (Å²) in [5.41, 5.74) is 0. The smallest absolute Gasteiger partial charge is 0.236 e. The summed E-state index contributed by atoms with van der Waals surface area (Å²) in [6.45, 7) is 7.37. The van der Waals surface area contributed by atoms with Crippen molar-refractivity contribution >= 4 is 11.8 Å². The summed E-state index contributed by atoms with van der Waals surface area (Å²) in [5.74, 6) is 0.736. The predicted molar refractivity (Wildman–Crippen MR) is 79.8 cm³/mol. The summed E-state index contributed by atoms with van der Waals surface area (Å²) >= 11 is 0. The molecular formula is C15H26N4O2. The minimum Gasteiger partial charge on any atom is -0.342 e. The van der Waals surface area contributed by atoms with Crippen LogP contribution in [0.5, 0.6) is 0 Å². The van der Waals surface area contributed by atoms with E-state index in [0.29, 0.717) is 12.5 Å². The molecule has 0 saturated carbocycles. The fourth-order valence-electron chi connectivity index (χ4n) is 3.33. The lowest BCUT2D eigenvalue weighted by Crippen LogP contribution is -2.52. The molecule has 3 aliphatic heterocycles. The molecule has 2 amide bonds. The van der Waals surface area contributed by atoms with Crippen molar-refractivity contribution in [2.75, 3.05) is 58.9 Å². The van der Waals surface area contributed by atoms with Crippen molar-refractivity contribution < 1.29 is 9.59 Å². The molecule has 0 aliphatic carbocycles. The number of carbonyl (C=O) groups is 2. The van der Waals surface area contributed by atoms with E-state index in [4.69, 9.17) is 0 Å². The van der Waals surface area contributed by atoms with Gasteiger partial charge in [-0.05, 0) is 19.3 Å². The summed E-state index contributed by atoms with van der Waals surface area (Å²) in [5, 5.41) is 3.15. The van der Waals surface area contributed by atoms with Crippen LogP contribution in [0.3, 0.4) is 0 Å². The van der Waals surface area contributed by atoms with E-state index in [1.54, 1.807) is 0 Å². The van der Waals surface area contributed by atoms with Crippen LogP contribution in [0.25, 0.3) is 0 Å². The van der Waals surface area contributed by atoms with Crippen LogP contribution < -0.4 is 5.32 Å². The lowest BCUT2D eigenvalue weighted by Gasteiger charge is -2.31. The molecule has 3 rings (SSSR count). The van der Waals surface area contributed by atoms with Gasteiger partial charge in [0.05, 0.1) is 12.5 Å². The number of likely N-dealkylation sites (tertiary alicyclic amines) is 1. The average molecular weight is 294 g/mol. The van der Waals surface area contributed by atoms with Gasteiger partial charge >= 0.3 is 0 Å². The van der Waals surface area contributed by atoms with Crippen LogP contribution in [0, 0.1) is 5.92 Å². The molecule has 3 heterocycles. The van der Waals surface area contributed by atoms with Crippen molar-refractivity contribution in [1.29, 1.82) is 0 Å². The maximum absolute atomic E-state index is 12.3. The molecule has 6 nitrogen and oxygen atoms in total. The van der Waals surface area contributed by atoms with Crippen molar-refractivity contribution in [2.45, 2.75) is 19.3 Å². The van der Waals surface area contributed by atoms with Gasteiger partial charge in [0.2, 0.25) is 11.8 Å². The molecule has 3 aliphatic rings. The Bertz CT molecular complexity index is 391. The Morgan fingerprint density at radius 2 is 1.57 bits per heavy atom. The molecule has 21 heavy (non-hydrogen) atoms. The van der Waals surface area contributed by atoms with Gasteiger partial charge in [-0.2, -0.15) is 0 Å². The molecule has 0 bridgehead atoms. The highest BCUT2D eigenvalue weighted by Crippen LogP contribution is 2.12. The van der Waals surface area contributed by atoms with E-state index < -0.39 is 0 Å². The monoisotopic (exact) mass is 294 g/mol. The predicted octanol–water partition coefficient (Wildman–Crippen LogP) is -0.637. The first kappa shape index (κ1) is 14.8. The van der Waals surface area contributed by atoms with Crippen LogP contribution in [0.2, 0.25) is 0 Å². The van der Waals surface area contributed by atoms with Crippen molar-refractivity contribution in [1.82, 2.24) is 20.0 Å². The number of hydrogen-bond acceptors (Lipinski definition) is 4. The third-order valence-corrected chi connectivity index (χ3v) is 4.85. The number of nitrogens with zero attached hydrogens (tertiary/aromatic N) is 3. The molecule has 0 aromatic carbocycles. The molecule has 0 unspecified atom stereocenters. The molecule has 1 N–H and O–H groups in total. The van der Waals surface area contributed by atoms with Crippen LogP contribution >= 0.6 is 0 Å². The van der Waals surface area contributed by atoms with Gasteiger partial charge < -0.3 is 15.1 Å². The SMILES string of the molecule is O=C(CN1CCCN(C(=O)C2CNC2)CC1)N1CCCC1. The maximum atomic E-state index is 12.3. The number of nitrogens with one attached hydrogen (secondary N) is 1. The van der Waals surface area contributed by atoms with E-state index in [0.717, 1.165) is 71.6 Å².